The molecular weight excluding hydrogens is 241 g/mol. The largest absolute Gasteiger partial charge is 0.301 e. The van der Waals surface area contributed by atoms with Gasteiger partial charge >= 0.3 is 0 Å². The van der Waals surface area contributed by atoms with Crippen molar-refractivity contribution in [3.63, 3.8) is 0 Å². The van der Waals surface area contributed by atoms with Crippen molar-refractivity contribution in [2.24, 2.45) is 5.92 Å². The maximum Gasteiger partial charge on any atom is 0.137 e. The third-order valence-corrected chi connectivity index (χ3v) is 3.80. The lowest BCUT2D eigenvalue weighted by Gasteiger charge is -2.22. The van der Waals surface area contributed by atoms with E-state index in [9.17, 15) is 9.18 Å². The Balaban J connectivity index is 1.89. The molecule has 1 atom stereocenters. The summed E-state index contributed by atoms with van der Waals surface area (Å²) in [5.41, 5.74) is 0.962. The van der Waals surface area contributed by atoms with Crippen molar-refractivity contribution in [1.82, 2.24) is 4.90 Å². The summed E-state index contributed by atoms with van der Waals surface area (Å²) >= 11 is 0. The van der Waals surface area contributed by atoms with Crippen LogP contribution in [0.15, 0.2) is 24.3 Å². The Morgan fingerprint density at radius 2 is 2.16 bits per heavy atom. The molecule has 0 saturated heterocycles. The summed E-state index contributed by atoms with van der Waals surface area (Å²) in [5, 5.41) is 0. The number of benzene rings is 1. The fourth-order valence-corrected chi connectivity index (χ4v) is 2.81. The summed E-state index contributed by atoms with van der Waals surface area (Å²) in [6.07, 6.45) is 5.12. The van der Waals surface area contributed by atoms with E-state index in [-0.39, 0.29) is 11.7 Å². The van der Waals surface area contributed by atoms with Gasteiger partial charge in [0.1, 0.15) is 11.6 Å². The smallest absolute Gasteiger partial charge is 0.137 e. The molecule has 0 bridgehead atoms. The molecule has 0 radical (unpaired) electrons. The number of nitrogens with zero attached hydrogens (tertiary/aromatic N) is 1. The van der Waals surface area contributed by atoms with Crippen LogP contribution >= 0.6 is 0 Å². The molecular formula is C16H22FNO. The highest BCUT2D eigenvalue weighted by Gasteiger charge is 2.21. The summed E-state index contributed by atoms with van der Waals surface area (Å²) in [7, 11) is 2.00. The maximum atomic E-state index is 13.1. The predicted molar refractivity (Wildman–Crippen MR) is 74.3 cm³/mol. The summed E-state index contributed by atoms with van der Waals surface area (Å²) in [6.45, 7) is 1.48. The standard InChI is InChI=1S/C16H22FNO/c1-18(11-13-6-5-8-15(17)10-13)12-14-7-3-2-4-9-16(14)19/h5-6,8,10,14H,2-4,7,9,11-12H2,1H3. The molecule has 0 N–H and O–H groups in total. The third-order valence-electron chi connectivity index (χ3n) is 3.80. The molecule has 3 heteroatoms. The van der Waals surface area contributed by atoms with E-state index in [4.69, 9.17) is 0 Å². The monoisotopic (exact) mass is 263 g/mol. The highest BCUT2D eigenvalue weighted by atomic mass is 19.1. The van der Waals surface area contributed by atoms with Gasteiger partial charge in [-0.25, -0.2) is 4.39 Å². The highest BCUT2D eigenvalue weighted by Crippen LogP contribution is 2.21. The van der Waals surface area contributed by atoms with Gasteiger partial charge < -0.3 is 4.90 Å². The Kier molecular flexibility index (Phi) is 5.08. The van der Waals surface area contributed by atoms with Crippen LogP contribution in [0.1, 0.15) is 37.7 Å². The number of carbonyl (C=O) groups is 1. The van der Waals surface area contributed by atoms with Gasteiger partial charge in [-0.15, -0.1) is 0 Å². The number of ketones is 1. The Morgan fingerprint density at radius 1 is 1.32 bits per heavy atom. The molecule has 0 heterocycles. The Morgan fingerprint density at radius 3 is 2.95 bits per heavy atom. The molecule has 1 unspecified atom stereocenters. The molecule has 2 nitrogen and oxygen atoms in total. The second kappa shape index (κ2) is 6.80. The van der Waals surface area contributed by atoms with Gasteiger partial charge in [-0.2, -0.15) is 0 Å². The Hall–Kier alpha value is -1.22. The normalized spacial score (nSPS) is 20.6. The predicted octanol–water partition coefficient (Wildman–Crippen LogP) is 3.41. The molecule has 1 aliphatic rings. The SMILES string of the molecule is CN(Cc1cccc(F)c1)CC1CCCCCC1=O. The minimum absolute atomic E-state index is 0.168. The van der Waals surface area contributed by atoms with Gasteiger partial charge in [0, 0.05) is 25.4 Å². The van der Waals surface area contributed by atoms with Crippen LogP contribution in [0.3, 0.4) is 0 Å². The molecule has 0 aliphatic heterocycles. The molecule has 2 rings (SSSR count). The van der Waals surface area contributed by atoms with Gasteiger partial charge in [0.2, 0.25) is 0 Å². The van der Waals surface area contributed by atoms with Crippen molar-refractivity contribution in [3.8, 4) is 0 Å². The lowest BCUT2D eigenvalue weighted by atomic mass is 9.98. The van der Waals surface area contributed by atoms with Crippen LogP contribution in [0, 0.1) is 11.7 Å². The molecule has 0 amide bonds. The molecule has 19 heavy (non-hydrogen) atoms. The molecule has 1 aliphatic carbocycles. The maximum absolute atomic E-state index is 13.1. The average Bonchev–Trinajstić information content (AvgIpc) is 2.55. The van der Waals surface area contributed by atoms with Crippen LogP contribution in [0.2, 0.25) is 0 Å². The van der Waals surface area contributed by atoms with Crippen LogP contribution in [0.4, 0.5) is 4.39 Å². The number of Topliss-reactive ketones (excluding diaryl/α,β-unsaturated/α-hetero) is 1. The minimum Gasteiger partial charge on any atom is -0.301 e. The van der Waals surface area contributed by atoms with Crippen molar-refractivity contribution in [2.45, 2.75) is 38.6 Å². The molecule has 1 aromatic rings. The Bertz CT molecular complexity index is 433. The first-order valence-electron chi connectivity index (χ1n) is 7.11. The fourth-order valence-electron chi connectivity index (χ4n) is 2.81. The van der Waals surface area contributed by atoms with Gasteiger partial charge in [-0.1, -0.05) is 25.0 Å². The molecule has 0 spiro atoms. The van der Waals surface area contributed by atoms with E-state index in [1.54, 1.807) is 12.1 Å². The number of carbonyl (C=O) groups excluding carboxylic acids is 1. The van der Waals surface area contributed by atoms with E-state index in [2.05, 4.69) is 4.90 Å². The van der Waals surface area contributed by atoms with Gasteiger partial charge in [-0.3, -0.25) is 4.79 Å². The van der Waals surface area contributed by atoms with Gasteiger partial charge in [0.25, 0.3) is 0 Å². The zero-order valence-electron chi connectivity index (χ0n) is 11.6. The molecule has 1 aromatic carbocycles. The number of hydrogen-bond donors (Lipinski definition) is 0. The van der Waals surface area contributed by atoms with Crippen LogP contribution in [-0.4, -0.2) is 24.3 Å². The van der Waals surface area contributed by atoms with Crippen molar-refractivity contribution in [2.75, 3.05) is 13.6 Å². The van der Waals surface area contributed by atoms with Crippen LogP contribution in [0.25, 0.3) is 0 Å². The number of halogens is 1. The van der Waals surface area contributed by atoms with E-state index in [1.165, 1.54) is 12.5 Å². The van der Waals surface area contributed by atoms with E-state index >= 15 is 0 Å². The first kappa shape index (κ1) is 14.2. The average molecular weight is 263 g/mol. The summed E-state index contributed by atoms with van der Waals surface area (Å²) in [4.78, 5) is 14.1. The van der Waals surface area contributed by atoms with Crippen molar-refractivity contribution in [3.05, 3.63) is 35.6 Å². The highest BCUT2D eigenvalue weighted by molar-refractivity contribution is 5.81. The zero-order valence-corrected chi connectivity index (χ0v) is 11.6. The first-order valence-corrected chi connectivity index (χ1v) is 7.11. The lowest BCUT2D eigenvalue weighted by molar-refractivity contribution is -0.123. The fraction of sp³-hybridized carbons (Fsp3) is 0.562. The first-order chi connectivity index (χ1) is 9.15. The summed E-state index contributed by atoms with van der Waals surface area (Å²) in [5.74, 6) is 0.376. The van der Waals surface area contributed by atoms with Gasteiger partial charge in [-0.05, 0) is 37.6 Å². The van der Waals surface area contributed by atoms with Crippen LogP contribution in [-0.2, 0) is 11.3 Å². The second-order valence-electron chi connectivity index (χ2n) is 5.59. The van der Waals surface area contributed by atoms with E-state index in [1.807, 2.05) is 13.1 Å². The summed E-state index contributed by atoms with van der Waals surface area (Å²) < 4.78 is 13.1. The van der Waals surface area contributed by atoms with Crippen molar-refractivity contribution < 1.29 is 9.18 Å². The molecule has 1 saturated carbocycles. The molecule has 1 fully saturated rings. The second-order valence-corrected chi connectivity index (χ2v) is 5.59. The van der Waals surface area contributed by atoms with Crippen molar-refractivity contribution in [1.29, 1.82) is 0 Å². The van der Waals surface area contributed by atoms with E-state index in [0.29, 0.717) is 12.3 Å². The summed E-state index contributed by atoms with van der Waals surface area (Å²) in [6, 6.07) is 6.67. The Labute approximate surface area is 114 Å². The van der Waals surface area contributed by atoms with Gasteiger partial charge in [0.15, 0.2) is 0 Å². The van der Waals surface area contributed by atoms with Crippen molar-refractivity contribution >= 4 is 5.78 Å². The lowest BCUT2D eigenvalue weighted by Crippen LogP contribution is -2.29. The topological polar surface area (TPSA) is 20.3 Å². The zero-order chi connectivity index (χ0) is 13.7. The molecule has 0 aromatic heterocycles. The van der Waals surface area contributed by atoms with E-state index < -0.39 is 0 Å². The van der Waals surface area contributed by atoms with E-state index in [0.717, 1.165) is 37.8 Å². The molecule has 104 valence electrons. The van der Waals surface area contributed by atoms with Gasteiger partial charge in [0.05, 0.1) is 0 Å². The number of rotatable bonds is 4. The number of hydrogen-bond acceptors (Lipinski definition) is 2. The third kappa shape index (κ3) is 4.43. The minimum atomic E-state index is -0.198. The quantitative estimate of drug-likeness (QED) is 0.776. The van der Waals surface area contributed by atoms with Crippen LogP contribution in [0.5, 0.6) is 0 Å². The van der Waals surface area contributed by atoms with Crippen LogP contribution < -0.4 is 0 Å².